The van der Waals surface area contributed by atoms with Crippen LogP contribution in [0.3, 0.4) is 0 Å². The van der Waals surface area contributed by atoms with Crippen LogP contribution in [0.2, 0.25) is 0 Å². The second kappa shape index (κ2) is 6.46. The van der Waals surface area contributed by atoms with Crippen LogP contribution in [0.4, 0.5) is 25.0 Å². The summed E-state index contributed by atoms with van der Waals surface area (Å²) in [6.07, 6.45) is 0. The van der Waals surface area contributed by atoms with E-state index in [0.717, 1.165) is 23.1 Å². The predicted molar refractivity (Wildman–Crippen MR) is 95.7 cm³/mol. The normalized spacial score (nSPS) is 13.6. The molecule has 2 aromatic carbocycles. The van der Waals surface area contributed by atoms with E-state index in [0.29, 0.717) is 0 Å². The summed E-state index contributed by atoms with van der Waals surface area (Å²) in [6, 6.07) is 6.14. The van der Waals surface area contributed by atoms with Crippen molar-refractivity contribution in [3.8, 4) is 0 Å². The van der Waals surface area contributed by atoms with Crippen molar-refractivity contribution in [2.45, 2.75) is 26.3 Å². The minimum Gasteiger partial charge on any atom is -0.308 e. The van der Waals surface area contributed by atoms with Gasteiger partial charge in [0.05, 0.1) is 16.8 Å². The Hall–Kier alpha value is -3.29. The molecule has 140 valence electrons. The van der Waals surface area contributed by atoms with E-state index >= 15 is 0 Å². The number of hydrogen-bond acceptors (Lipinski definition) is 3. The first-order valence-corrected chi connectivity index (χ1v) is 8.14. The Morgan fingerprint density at radius 3 is 2.26 bits per heavy atom. The summed E-state index contributed by atoms with van der Waals surface area (Å²) in [5, 5.41) is 4.63. The van der Waals surface area contributed by atoms with Crippen molar-refractivity contribution in [1.82, 2.24) is 4.90 Å². The van der Waals surface area contributed by atoms with Crippen molar-refractivity contribution < 1.29 is 23.2 Å². The highest BCUT2D eigenvalue weighted by Crippen LogP contribution is 2.31. The lowest BCUT2D eigenvalue weighted by Gasteiger charge is -2.29. The van der Waals surface area contributed by atoms with E-state index < -0.39 is 35.0 Å². The molecule has 2 N–H and O–H groups in total. The van der Waals surface area contributed by atoms with Gasteiger partial charge in [0.1, 0.15) is 11.6 Å². The molecule has 8 heteroatoms. The highest BCUT2D eigenvalue weighted by atomic mass is 19.1. The van der Waals surface area contributed by atoms with Crippen molar-refractivity contribution in [1.29, 1.82) is 0 Å². The first-order chi connectivity index (χ1) is 12.6. The van der Waals surface area contributed by atoms with Gasteiger partial charge >= 0.3 is 6.03 Å². The second-order valence-corrected chi connectivity index (χ2v) is 7.08. The molecule has 0 radical (unpaired) electrons. The van der Waals surface area contributed by atoms with Crippen molar-refractivity contribution in [2.24, 2.45) is 0 Å². The van der Waals surface area contributed by atoms with Gasteiger partial charge in [0.25, 0.3) is 11.8 Å². The number of imide groups is 1. The number of amides is 4. The van der Waals surface area contributed by atoms with Crippen LogP contribution in [0, 0.1) is 11.6 Å². The second-order valence-electron chi connectivity index (χ2n) is 7.08. The third-order valence-electron chi connectivity index (χ3n) is 3.99. The quantitative estimate of drug-likeness (QED) is 0.781. The lowest BCUT2D eigenvalue weighted by atomic mass is 10.1. The Kier molecular flexibility index (Phi) is 4.43. The van der Waals surface area contributed by atoms with Crippen molar-refractivity contribution in [3.63, 3.8) is 0 Å². The summed E-state index contributed by atoms with van der Waals surface area (Å²) >= 11 is 0. The molecular formula is C19H17F2N3O3. The molecule has 1 aliphatic rings. The highest BCUT2D eigenvalue weighted by molar-refractivity contribution is 6.22. The average molecular weight is 373 g/mol. The molecule has 3 rings (SSSR count). The number of anilines is 2. The predicted octanol–water partition coefficient (Wildman–Crippen LogP) is 4.00. The van der Waals surface area contributed by atoms with Crippen LogP contribution in [-0.4, -0.2) is 28.3 Å². The van der Waals surface area contributed by atoms with Gasteiger partial charge in [-0.3, -0.25) is 14.5 Å². The summed E-state index contributed by atoms with van der Waals surface area (Å²) < 4.78 is 26.8. The van der Waals surface area contributed by atoms with Crippen molar-refractivity contribution in [3.05, 3.63) is 59.2 Å². The summed E-state index contributed by atoms with van der Waals surface area (Å²) in [4.78, 5) is 38.2. The molecule has 0 saturated carbocycles. The number of carbonyl (C=O) groups is 3. The minimum atomic E-state index is -0.816. The molecule has 0 fully saturated rings. The molecule has 6 nitrogen and oxygen atoms in total. The molecule has 0 unspecified atom stereocenters. The van der Waals surface area contributed by atoms with Crippen LogP contribution >= 0.6 is 0 Å². The van der Waals surface area contributed by atoms with Gasteiger partial charge in [-0.25, -0.2) is 13.6 Å². The van der Waals surface area contributed by atoms with E-state index in [1.165, 1.54) is 18.2 Å². The van der Waals surface area contributed by atoms with Crippen molar-refractivity contribution in [2.75, 3.05) is 10.6 Å². The van der Waals surface area contributed by atoms with Gasteiger partial charge in [0, 0.05) is 17.3 Å². The standard InChI is InChI=1S/C19H17F2N3O3/c1-19(2,3)24-16(25)12-6-5-11(9-13(12)17(24)26)22-18(27)23-15-8-10(20)4-7-14(15)21/h4-9H,1-3H3,(H2,22,23,27). The monoisotopic (exact) mass is 373 g/mol. The van der Waals surface area contributed by atoms with E-state index in [4.69, 9.17) is 0 Å². The zero-order valence-corrected chi connectivity index (χ0v) is 14.9. The molecule has 2 aromatic rings. The molecule has 0 saturated heterocycles. The topological polar surface area (TPSA) is 78.5 Å². The summed E-state index contributed by atoms with van der Waals surface area (Å²) in [5.41, 5.74) is -0.354. The molecule has 4 amide bonds. The van der Waals surface area contributed by atoms with Gasteiger partial charge < -0.3 is 10.6 Å². The van der Waals surface area contributed by atoms with E-state index in [9.17, 15) is 23.2 Å². The Morgan fingerprint density at radius 1 is 0.926 bits per heavy atom. The fourth-order valence-corrected chi connectivity index (χ4v) is 2.81. The number of rotatable bonds is 2. The van der Waals surface area contributed by atoms with Gasteiger partial charge in [0.15, 0.2) is 0 Å². The average Bonchev–Trinajstić information content (AvgIpc) is 2.81. The molecule has 0 atom stereocenters. The summed E-state index contributed by atoms with van der Waals surface area (Å²) in [6.45, 7) is 5.23. The number of fused-ring (bicyclic) bond motifs is 1. The van der Waals surface area contributed by atoms with Gasteiger partial charge in [-0.15, -0.1) is 0 Å². The Labute approximate surface area is 154 Å². The molecule has 0 aromatic heterocycles. The van der Waals surface area contributed by atoms with E-state index in [1.54, 1.807) is 20.8 Å². The van der Waals surface area contributed by atoms with Gasteiger partial charge in [-0.2, -0.15) is 0 Å². The molecular weight excluding hydrogens is 356 g/mol. The first-order valence-electron chi connectivity index (χ1n) is 8.14. The fraction of sp³-hybridized carbons (Fsp3) is 0.211. The van der Waals surface area contributed by atoms with Crippen LogP contribution in [0.5, 0.6) is 0 Å². The number of benzene rings is 2. The smallest absolute Gasteiger partial charge is 0.308 e. The first kappa shape index (κ1) is 18.5. The number of carbonyl (C=O) groups excluding carboxylic acids is 3. The number of halogens is 2. The highest BCUT2D eigenvalue weighted by Gasteiger charge is 2.41. The number of hydrogen-bond donors (Lipinski definition) is 2. The third-order valence-corrected chi connectivity index (χ3v) is 3.99. The summed E-state index contributed by atoms with van der Waals surface area (Å²) in [7, 11) is 0. The largest absolute Gasteiger partial charge is 0.323 e. The maximum atomic E-state index is 13.6. The van der Waals surface area contributed by atoms with Crippen LogP contribution < -0.4 is 10.6 Å². The van der Waals surface area contributed by atoms with Gasteiger partial charge in [-0.1, -0.05) is 0 Å². The Balaban J connectivity index is 1.80. The van der Waals surface area contributed by atoms with Crippen LogP contribution in [0.1, 0.15) is 41.5 Å². The van der Waals surface area contributed by atoms with Crippen LogP contribution in [-0.2, 0) is 0 Å². The van der Waals surface area contributed by atoms with E-state index in [2.05, 4.69) is 10.6 Å². The zero-order chi connectivity index (χ0) is 19.9. The Morgan fingerprint density at radius 2 is 1.59 bits per heavy atom. The number of nitrogens with zero attached hydrogens (tertiary/aromatic N) is 1. The zero-order valence-electron chi connectivity index (χ0n) is 14.9. The molecule has 1 aliphatic heterocycles. The number of nitrogens with one attached hydrogen (secondary N) is 2. The minimum absolute atomic E-state index is 0.171. The Bertz CT molecular complexity index is 967. The third kappa shape index (κ3) is 3.51. The molecule has 0 aliphatic carbocycles. The van der Waals surface area contributed by atoms with E-state index in [1.807, 2.05) is 0 Å². The van der Waals surface area contributed by atoms with Crippen LogP contribution in [0.15, 0.2) is 36.4 Å². The summed E-state index contributed by atoms with van der Waals surface area (Å²) in [5.74, 6) is -2.35. The molecule has 0 bridgehead atoms. The maximum Gasteiger partial charge on any atom is 0.323 e. The maximum absolute atomic E-state index is 13.6. The molecule has 27 heavy (non-hydrogen) atoms. The molecule has 0 spiro atoms. The lowest BCUT2D eigenvalue weighted by Crippen LogP contribution is -2.45. The van der Waals surface area contributed by atoms with Crippen LogP contribution in [0.25, 0.3) is 0 Å². The van der Waals surface area contributed by atoms with Crippen molar-refractivity contribution >= 4 is 29.2 Å². The van der Waals surface area contributed by atoms with E-state index in [-0.39, 0.29) is 22.5 Å². The fourth-order valence-electron chi connectivity index (χ4n) is 2.81. The SMILES string of the molecule is CC(C)(C)N1C(=O)c2ccc(NC(=O)Nc3cc(F)ccc3F)cc2C1=O. The van der Waals surface area contributed by atoms with Gasteiger partial charge in [0.2, 0.25) is 0 Å². The number of urea groups is 1. The van der Waals surface area contributed by atoms with Gasteiger partial charge in [-0.05, 0) is 51.1 Å². The lowest BCUT2D eigenvalue weighted by molar-refractivity contribution is 0.0507. The molecule has 1 heterocycles.